The standard InChI is InChI=1S/C10H9F3N2O2/c1-17-5-2-3-6-7(4-5)14-8(9(16)15-6)10(11,12)13/h2-4,8,14H,1H3,(H,15,16)/t8-/m1/s1. The maximum atomic E-state index is 12.5. The Kier molecular flexibility index (Phi) is 2.60. The number of rotatable bonds is 1. The molecule has 0 unspecified atom stereocenters. The van der Waals surface area contributed by atoms with Gasteiger partial charge < -0.3 is 15.4 Å². The van der Waals surface area contributed by atoms with Gasteiger partial charge in [0.25, 0.3) is 5.91 Å². The second-order valence-electron chi connectivity index (χ2n) is 3.52. The lowest BCUT2D eigenvalue weighted by Crippen LogP contribution is -2.48. The number of benzene rings is 1. The van der Waals surface area contributed by atoms with Gasteiger partial charge in [0.05, 0.1) is 18.5 Å². The first-order valence-electron chi connectivity index (χ1n) is 4.74. The first-order valence-corrected chi connectivity index (χ1v) is 4.74. The monoisotopic (exact) mass is 246 g/mol. The van der Waals surface area contributed by atoms with Crippen LogP contribution in [0.5, 0.6) is 5.75 Å². The largest absolute Gasteiger partial charge is 0.497 e. The van der Waals surface area contributed by atoms with E-state index in [9.17, 15) is 18.0 Å². The van der Waals surface area contributed by atoms with Gasteiger partial charge in [-0.05, 0) is 12.1 Å². The average Bonchev–Trinajstić information content (AvgIpc) is 2.26. The number of hydrogen-bond donors (Lipinski definition) is 2. The molecular formula is C10H9F3N2O2. The number of anilines is 2. The molecule has 2 rings (SSSR count). The molecule has 1 amide bonds. The first kappa shape index (κ1) is 11.6. The minimum atomic E-state index is -4.63. The Morgan fingerprint density at radius 3 is 2.59 bits per heavy atom. The van der Waals surface area contributed by atoms with Crippen LogP contribution in [0.2, 0.25) is 0 Å². The van der Waals surface area contributed by atoms with Gasteiger partial charge in [0, 0.05) is 6.07 Å². The third-order valence-electron chi connectivity index (χ3n) is 2.37. The second kappa shape index (κ2) is 3.83. The van der Waals surface area contributed by atoms with Crippen molar-refractivity contribution >= 4 is 17.3 Å². The van der Waals surface area contributed by atoms with Gasteiger partial charge in [-0.15, -0.1) is 0 Å². The highest BCUT2D eigenvalue weighted by Gasteiger charge is 2.47. The predicted molar refractivity (Wildman–Crippen MR) is 55.1 cm³/mol. The Labute approximate surface area is 94.8 Å². The fraction of sp³-hybridized carbons (Fsp3) is 0.300. The average molecular weight is 246 g/mol. The molecule has 0 aliphatic carbocycles. The molecule has 0 spiro atoms. The van der Waals surface area contributed by atoms with Gasteiger partial charge in [0.15, 0.2) is 0 Å². The van der Waals surface area contributed by atoms with Gasteiger partial charge >= 0.3 is 6.18 Å². The third-order valence-corrected chi connectivity index (χ3v) is 2.37. The number of fused-ring (bicyclic) bond motifs is 1. The summed E-state index contributed by atoms with van der Waals surface area (Å²) in [7, 11) is 1.41. The van der Waals surface area contributed by atoms with E-state index in [-0.39, 0.29) is 5.69 Å². The summed E-state index contributed by atoms with van der Waals surface area (Å²) >= 11 is 0. The number of amides is 1. The van der Waals surface area contributed by atoms with Crippen LogP contribution in [0.1, 0.15) is 0 Å². The van der Waals surface area contributed by atoms with Crippen LogP contribution < -0.4 is 15.4 Å². The molecule has 0 radical (unpaired) electrons. The van der Waals surface area contributed by atoms with E-state index in [2.05, 4.69) is 10.6 Å². The smallest absolute Gasteiger partial charge is 0.417 e. The van der Waals surface area contributed by atoms with Crippen molar-refractivity contribution in [3.05, 3.63) is 18.2 Å². The summed E-state index contributed by atoms with van der Waals surface area (Å²) in [5.41, 5.74) is 0.488. The summed E-state index contributed by atoms with van der Waals surface area (Å²) in [4.78, 5) is 11.2. The lowest BCUT2D eigenvalue weighted by atomic mass is 10.1. The number of ether oxygens (including phenoxy) is 1. The van der Waals surface area contributed by atoms with Crippen LogP contribution in [0.4, 0.5) is 24.5 Å². The summed E-state index contributed by atoms with van der Waals surface area (Å²) in [6.45, 7) is 0. The number of hydrogen-bond acceptors (Lipinski definition) is 3. The van der Waals surface area contributed by atoms with Crippen LogP contribution in [0.3, 0.4) is 0 Å². The highest BCUT2D eigenvalue weighted by atomic mass is 19.4. The Hall–Kier alpha value is -1.92. The van der Waals surface area contributed by atoms with E-state index in [0.717, 1.165) is 0 Å². The van der Waals surface area contributed by atoms with E-state index in [4.69, 9.17) is 4.74 Å². The SMILES string of the molecule is COc1ccc2c(c1)N[C@@H](C(F)(F)F)C(=O)N2. The summed E-state index contributed by atoms with van der Waals surface area (Å²) < 4.78 is 42.4. The first-order chi connectivity index (χ1) is 7.91. The van der Waals surface area contributed by atoms with Crippen LogP contribution in [0.15, 0.2) is 18.2 Å². The van der Waals surface area contributed by atoms with Crippen molar-refractivity contribution in [2.45, 2.75) is 12.2 Å². The highest BCUT2D eigenvalue weighted by molar-refractivity contribution is 6.03. The Balaban J connectivity index is 2.35. The quantitative estimate of drug-likeness (QED) is 0.796. The Bertz CT molecular complexity index is 459. The van der Waals surface area contributed by atoms with E-state index >= 15 is 0 Å². The van der Waals surface area contributed by atoms with E-state index in [1.807, 2.05) is 0 Å². The zero-order chi connectivity index (χ0) is 12.6. The van der Waals surface area contributed by atoms with E-state index in [1.54, 1.807) is 6.07 Å². The molecular weight excluding hydrogens is 237 g/mol. The van der Waals surface area contributed by atoms with Crippen molar-refractivity contribution in [1.82, 2.24) is 0 Å². The molecule has 1 aromatic rings. The van der Waals surface area contributed by atoms with Crippen LogP contribution in [-0.2, 0) is 4.79 Å². The van der Waals surface area contributed by atoms with Gasteiger partial charge in [-0.1, -0.05) is 0 Å². The zero-order valence-electron chi connectivity index (χ0n) is 8.76. The molecule has 92 valence electrons. The molecule has 1 aliphatic heterocycles. The number of nitrogens with one attached hydrogen (secondary N) is 2. The molecule has 0 bridgehead atoms. The summed E-state index contributed by atoms with van der Waals surface area (Å²) in [6.07, 6.45) is -4.63. The number of alkyl halides is 3. The van der Waals surface area contributed by atoms with Crippen molar-refractivity contribution in [2.24, 2.45) is 0 Å². The van der Waals surface area contributed by atoms with Crippen LogP contribution >= 0.6 is 0 Å². The van der Waals surface area contributed by atoms with E-state index < -0.39 is 18.1 Å². The van der Waals surface area contributed by atoms with E-state index in [1.165, 1.54) is 19.2 Å². The molecule has 1 heterocycles. The highest BCUT2D eigenvalue weighted by Crippen LogP contribution is 2.34. The van der Waals surface area contributed by atoms with Crippen LogP contribution in [0.25, 0.3) is 0 Å². The second-order valence-corrected chi connectivity index (χ2v) is 3.52. The van der Waals surface area contributed by atoms with E-state index in [0.29, 0.717) is 11.4 Å². The number of carbonyl (C=O) groups excluding carboxylic acids is 1. The molecule has 1 aliphatic rings. The van der Waals surface area contributed by atoms with Crippen molar-refractivity contribution < 1.29 is 22.7 Å². The number of methoxy groups -OCH3 is 1. The van der Waals surface area contributed by atoms with Gasteiger partial charge in [0.2, 0.25) is 6.04 Å². The predicted octanol–water partition coefficient (Wildman–Crippen LogP) is 1.99. The third kappa shape index (κ3) is 2.13. The minimum Gasteiger partial charge on any atom is -0.497 e. The van der Waals surface area contributed by atoms with Crippen molar-refractivity contribution in [3.63, 3.8) is 0 Å². The maximum absolute atomic E-state index is 12.5. The maximum Gasteiger partial charge on any atom is 0.417 e. The van der Waals surface area contributed by atoms with Gasteiger partial charge in [-0.3, -0.25) is 4.79 Å². The summed E-state index contributed by atoms with van der Waals surface area (Å²) in [5, 5.41) is 4.34. The van der Waals surface area contributed by atoms with Crippen molar-refractivity contribution in [3.8, 4) is 5.75 Å². The normalized spacial score (nSPS) is 19.1. The van der Waals surface area contributed by atoms with Gasteiger partial charge in [0.1, 0.15) is 5.75 Å². The Morgan fingerprint density at radius 2 is 2.00 bits per heavy atom. The summed E-state index contributed by atoms with van der Waals surface area (Å²) in [5.74, 6) is -0.705. The Morgan fingerprint density at radius 1 is 1.29 bits per heavy atom. The zero-order valence-corrected chi connectivity index (χ0v) is 8.76. The van der Waals surface area contributed by atoms with Crippen LogP contribution in [-0.4, -0.2) is 25.2 Å². The number of carbonyl (C=O) groups is 1. The molecule has 0 saturated carbocycles. The molecule has 0 aromatic heterocycles. The molecule has 1 atom stereocenters. The molecule has 4 nitrogen and oxygen atoms in total. The van der Waals surface area contributed by atoms with Gasteiger partial charge in [-0.2, -0.15) is 13.2 Å². The lowest BCUT2D eigenvalue weighted by molar-refractivity contribution is -0.156. The molecule has 17 heavy (non-hydrogen) atoms. The molecule has 0 saturated heterocycles. The molecule has 2 N–H and O–H groups in total. The molecule has 7 heteroatoms. The van der Waals surface area contributed by atoms with Crippen LogP contribution in [0, 0.1) is 0 Å². The fourth-order valence-corrected chi connectivity index (χ4v) is 1.54. The van der Waals surface area contributed by atoms with Crippen molar-refractivity contribution in [2.75, 3.05) is 17.7 Å². The molecule has 0 fully saturated rings. The lowest BCUT2D eigenvalue weighted by Gasteiger charge is -2.28. The number of halogens is 3. The summed E-state index contributed by atoms with van der Waals surface area (Å²) in [6, 6.07) is 2.19. The van der Waals surface area contributed by atoms with Crippen molar-refractivity contribution in [1.29, 1.82) is 0 Å². The fourth-order valence-electron chi connectivity index (χ4n) is 1.54. The van der Waals surface area contributed by atoms with Gasteiger partial charge in [-0.25, -0.2) is 0 Å². The minimum absolute atomic E-state index is 0.186. The topological polar surface area (TPSA) is 50.4 Å². The molecule has 1 aromatic carbocycles.